The largest absolute Gasteiger partial charge is 0.468 e. The van der Waals surface area contributed by atoms with E-state index in [1.165, 1.54) is 24.3 Å². The molecule has 1 aliphatic carbocycles. The molecule has 8 nitrogen and oxygen atoms in total. The van der Waals surface area contributed by atoms with Crippen LogP contribution < -0.4 is 0 Å². The molecule has 0 spiro atoms. The van der Waals surface area contributed by atoms with Crippen molar-refractivity contribution in [1.82, 2.24) is 0 Å². The Morgan fingerprint density at radius 2 is 1.21 bits per heavy atom. The molecule has 0 radical (unpaired) electrons. The molecule has 1 saturated carbocycles. The van der Waals surface area contributed by atoms with Crippen LogP contribution >= 0.6 is 0 Å². The van der Waals surface area contributed by atoms with Gasteiger partial charge < -0.3 is 9.47 Å². The summed E-state index contributed by atoms with van der Waals surface area (Å²) in [5.74, 6) is -8.37. The summed E-state index contributed by atoms with van der Waals surface area (Å²) in [6.07, 6.45) is 0. The maximum absolute atomic E-state index is 13.7. The van der Waals surface area contributed by atoms with Crippen LogP contribution in [0.3, 0.4) is 0 Å². The molecule has 34 heavy (non-hydrogen) atoms. The lowest BCUT2D eigenvalue weighted by atomic mass is 9.50. The van der Waals surface area contributed by atoms with Gasteiger partial charge in [0.15, 0.2) is 11.2 Å². The topological polar surface area (TPSA) is 141 Å². The zero-order chi connectivity index (χ0) is 25.0. The van der Waals surface area contributed by atoms with Crippen LogP contribution in [0.1, 0.15) is 34.1 Å². The molecule has 1 fully saturated rings. The van der Waals surface area contributed by atoms with Gasteiger partial charge in [0, 0.05) is 11.8 Å². The quantitative estimate of drug-likeness (QED) is 0.506. The molecule has 0 saturated heterocycles. The van der Waals surface area contributed by atoms with E-state index < -0.39 is 46.8 Å². The maximum atomic E-state index is 13.7. The number of carbonyl (C=O) groups is 3. The third-order valence-corrected chi connectivity index (χ3v) is 6.38. The molecule has 3 rings (SSSR count). The normalized spacial score (nSPS) is 23.0. The Morgan fingerprint density at radius 3 is 1.56 bits per heavy atom. The minimum absolute atomic E-state index is 0.322. The van der Waals surface area contributed by atoms with Crippen LogP contribution in [0, 0.1) is 58.2 Å². The number of hydrogen-bond donors (Lipinski definition) is 0. The van der Waals surface area contributed by atoms with Crippen molar-refractivity contribution in [2.75, 3.05) is 14.2 Å². The molecule has 0 N–H and O–H groups in total. The molecule has 8 heteroatoms. The summed E-state index contributed by atoms with van der Waals surface area (Å²) in [5, 5.41) is 30.1. The lowest BCUT2D eigenvalue weighted by Crippen LogP contribution is -2.55. The lowest BCUT2D eigenvalue weighted by molar-refractivity contribution is -0.162. The van der Waals surface area contributed by atoms with E-state index in [0.717, 1.165) is 19.8 Å². The van der Waals surface area contributed by atoms with Crippen molar-refractivity contribution < 1.29 is 23.9 Å². The predicted octanol–water partition coefficient (Wildman–Crippen LogP) is 2.93. The Hall–Kier alpha value is -4.48. The number of rotatable bonds is 4. The van der Waals surface area contributed by atoms with Gasteiger partial charge in [0.25, 0.3) is 0 Å². The van der Waals surface area contributed by atoms with Gasteiger partial charge in [-0.15, -0.1) is 0 Å². The van der Waals surface area contributed by atoms with Gasteiger partial charge in [-0.3, -0.25) is 14.4 Å². The highest BCUT2D eigenvalue weighted by Crippen LogP contribution is 2.58. The highest BCUT2D eigenvalue weighted by atomic mass is 16.5. The number of esters is 2. The van der Waals surface area contributed by atoms with Gasteiger partial charge in [-0.25, -0.2) is 0 Å². The van der Waals surface area contributed by atoms with Crippen LogP contribution in [0.25, 0.3) is 0 Å². The van der Waals surface area contributed by atoms with Gasteiger partial charge in [-0.2, -0.15) is 15.8 Å². The fraction of sp³-hybridized carbons (Fsp3) is 0.308. The zero-order valence-electron chi connectivity index (χ0n) is 18.8. The molecule has 0 aliphatic heterocycles. The van der Waals surface area contributed by atoms with E-state index in [4.69, 9.17) is 14.7 Å². The second kappa shape index (κ2) is 9.57. The van der Waals surface area contributed by atoms with Crippen molar-refractivity contribution in [3.8, 4) is 18.2 Å². The molecule has 0 aromatic heterocycles. The number of carbonyl (C=O) groups excluding carboxylic acids is 3. The van der Waals surface area contributed by atoms with Crippen LogP contribution in [0.15, 0.2) is 48.5 Å². The van der Waals surface area contributed by atoms with Crippen molar-refractivity contribution in [2.45, 2.75) is 18.8 Å². The number of hydrogen-bond acceptors (Lipinski definition) is 8. The van der Waals surface area contributed by atoms with Gasteiger partial charge in [0.1, 0.15) is 11.8 Å². The number of nitrogens with zero attached hydrogens (tertiary/aromatic N) is 3. The molecule has 0 heterocycles. The summed E-state index contributed by atoms with van der Waals surface area (Å²) in [6, 6.07) is 18.8. The van der Waals surface area contributed by atoms with E-state index in [2.05, 4.69) is 12.1 Å². The molecule has 4 unspecified atom stereocenters. The van der Waals surface area contributed by atoms with Gasteiger partial charge >= 0.3 is 11.9 Å². The van der Waals surface area contributed by atoms with E-state index in [9.17, 15) is 24.9 Å². The summed E-state index contributed by atoms with van der Waals surface area (Å²) in [7, 11) is 2.19. The number of Topliss-reactive ketones (excluding diaryl/α,β-unsaturated/α-hetero) is 1. The van der Waals surface area contributed by atoms with Gasteiger partial charge in [0.05, 0.1) is 38.0 Å². The van der Waals surface area contributed by atoms with E-state index in [0.29, 0.717) is 16.7 Å². The standard InChI is InChI=1S/C26H21N3O5/c1-15-4-8-17(9-5-15)21-19(24(31)33-2)23(30)20(25(32)34-3)22(26(21,13-28)14-29)18-10-6-16(12-27)7-11-18/h4-11,19-22H,1-3H3. The minimum Gasteiger partial charge on any atom is -0.468 e. The number of ether oxygens (including phenoxy) is 2. The Balaban J connectivity index is 2.40. The van der Waals surface area contributed by atoms with Crippen LogP contribution in [0.5, 0.6) is 0 Å². The number of nitriles is 3. The molecule has 0 amide bonds. The molecular weight excluding hydrogens is 434 g/mol. The molecular formula is C26H21N3O5. The van der Waals surface area contributed by atoms with Crippen molar-refractivity contribution >= 4 is 17.7 Å². The average molecular weight is 455 g/mol. The number of aryl methyl sites for hydroxylation is 1. The van der Waals surface area contributed by atoms with Crippen molar-refractivity contribution in [3.63, 3.8) is 0 Å². The molecule has 2 aromatic rings. The summed E-state index contributed by atoms with van der Waals surface area (Å²) < 4.78 is 9.76. The minimum atomic E-state index is -2.02. The first-order chi connectivity index (χ1) is 16.3. The van der Waals surface area contributed by atoms with Gasteiger partial charge in [-0.1, -0.05) is 42.0 Å². The van der Waals surface area contributed by atoms with E-state index in [1.54, 1.807) is 24.3 Å². The smallest absolute Gasteiger partial charge is 0.316 e. The van der Waals surface area contributed by atoms with Crippen LogP contribution in [0.4, 0.5) is 0 Å². The highest BCUT2D eigenvalue weighted by Gasteiger charge is 2.65. The Labute approximate surface area is 196 Å². The second-order valence-electron chi connectivity index (χ2n) is 8.10. The number of ketones is 1. The Bertz CT molecular complexity index is 1230. The SMILES string of the molecule is COC(=O)C1C(=O)C(C(=O)OC)C(c2ccc(C#N)cc2)C(C#N)(C#N)C1c1ccc(C)cc1. The third-order valence-electron chi connectivity index (χ3n) is 6.38. The lowest BCUT2D eigenvalue weighted by Gasteiger charge is -2.46. The van der Waals surface area contributed by atoms with Crippen molar-refractivity contribution in [1.29, 1.82) is 15.8 Å². The molecule has 4 atom stereocenters. The Kier molecular flexibility index (Phi) is 6.80. The maximum Gasteiger partial charge on any atom is 0.316 e. The predicted molar refractivity (Wildman–Crippen MR) is 117 cm³/mol. The molecule has 2 aromatic carbocycles. The highest BCUT2D eigenvalue weighted by molar-refractivity contribution is 6.11. The second-order valence-corrected chi connectivity index (χ2v) is 8.10. The zero-order valence-corrected chi connectivity index (χ0v) is 18.8. The molecule has 1 aliphatic rings. The van der Waals surface area contributed by atoms with Crippen LogP contribution in [0.2, 0.25) is 0 Å². The van der Waals surface area contributed by atoms with E-state index in [1.807, 2.05) is 13.0 Å². The average Bonchev–Trinajstić information content (AvgIpc) is 2.87. The first kappa shape index (κ1) is 24.2. The third kappa shape index (κ3) is 3.78. The van der Waals surface area contributed by atoms with Crippen molar-refractivity contribution in [3.05, 3.63) is 70.8 Å². The van der Waals surface area contributed by atoms with Gasteiger partial charge in [-0.05, 0) is 30.2 Å². The summed E-state index contributed by atoms with van der Waals surface area (Å²) >= 11 is 0. The first-order valence-corrected chi connectivity index (χ1v) is 10.4. The summed E-state index contributed by atoms with van der Waals surface area (Å²) in [6.45, 7) is 1.85. The van der Waals surface area contributed by atoms with Gasteiger partial charge in [0.2, 0.25) is 0 Å². The van der Waals surface area contributed by atoms with Crippen LogP contribution in [-0.2, 0) is 23.9 Å². The van der Waals surface area contributed by atoms with E-state index >= 15 is 0 Å². The fourth-order valence-electron chi connectivity index (χ4n) is 4.75. The number of benzene rings is 2. The Morgan fingerprint density at radius 1 is 0.794 bits per heavy atom. The van der Waals surface area contributed by atoms with Crippen molar-refractivity contribution in [2.24, 2.45) is 17.3 Å². The summed E-state index contributed by atoms with van der Waals surface area (Å²) in [5.41, 5.74) is -0.0565. The molecule has 170 valence electrons. The van der Waals surface area contributed by atoms with Crippen LogP contribution in [-0.4, -0.2) is 31.9 Å². The number of methoxy groups -OCH3 is 2. The monoisotopic (exact) mass is 455 g/mol. The first-order valence-electron chi connectivity index (χ1n) is 10.4. The fourth-order valence-corrected chi connectivity index (χ4v) is 4.75. The summed E-state index contributed by atoms with van der Waals surface area (Å²) in [4.78, 5) is 39.5. The van der Waals surface area contributed by atoms with E-state index in [-0.39, 0.29) is 0 Å². The molecule has 0 bridgehead atoms.